The number of hydrogen-bond acceptors (Lipinski definition) is 3. The first-order chi connectivity index (χ1) is 10.5. The Morgan fingerprint density at radius 2 is 1.95 bits per heavy atom. The van der Waals surface area contributed by atoms with Crippen molar-refractivity contribution in [3.8, 4) is 0 Å². The van der Waals surface area contributed by atoms with Crippen LogP contribution in [0.1, 0.15) is 5.76 Å². The summed E-state index contributed by atoms with van der Waals surface area (Å²) in [5.74, 6) is -1.71. The van der Waals surface area contributed by atoms with Gasteiger partial charge in [-0.2, -0.15) is 0 Å². The Hall–Kier alpha value is -2.90. The third kappa shape index (κ3) is 4.58. The minimum absolute atomic E-state index is 0.163. The molecule has 0 aliphatic rings. The van der Waals surface area contributed by atoms with Crippen molar-refractivity contribution in [3.63, 3.8) is 0 Å². The van der Waals surface area contributed by atoms with Gasteiger partial charge in [-0.1, -0.05) is 0 Å². The summed E-state index contributed by atoms with van der Waals surface area (Å²) in [5, 5.41) is 6.99. The molecular weight excluding hydrogens is 296 g/mol. The highest BCUT2D eigenvalue weighted by molar-refractivity contribution is 5.94. The molecule has 0 unspecified atom stereocenters. The Labute approximate surface area is 124 Å². The average molecular weight is 309 g/mol. The minimum atomic E-state index is -0.893. The monoisotopic (exact) mass is 309 g/mol. The highest BCUT2D eigenvalue weighted by Crippen LogP contribution is 2.14. The molecule has 0 radical (unpaired) electrons. The number of amides is 3. The number of urea groups is 1. The second-order valence-electron chi connectivity index (χ2n) is 4.29. The molecule has 1 aromatic carbocycles. The molecule has 0 bridgehead atoms. The van der Waals surface area contributed by atoms with Crippen LogP contribution in [0.4, 0.5) is 19.3 Å². The van der Waals surface area contributed by atoms with Gasteiger partial charge in [0.15, 0.2) is 0 Å². The molecule has 0 saturated heterocycles. The standard InChI is InChI=1S/C14H13F2N3O3/c15-9-3-4-12(11(16)6-9)19-13(20)8-18-14(21)17-7-10-2-1-5-22-10/h1-6H,7-8H2,(H,19,20)(H2,17,18,21). The third-order valence-corrected chi connectivity index (χ3v) is 2.62. The van der Waals surface area contributed by atoms with Gasteiger partial charge >= 0.3 is 6.03 Å². The summed E-state index contributed by atoms with van der Waals surface area (Å²) in [5.41, 5.74) is -0.163. The molecule has 2 aromatic rings. The Kier molecular flexibility index (Phi) is 5.07. The van der Waals surface area contributed by atoms with E-state index in [0.29, 0.717) is 11.8 Å². The lowest BCUT2D eigenvalue weighted by Crippen LogP contribution is -2.39. The molecule has 116 valence electrons. The van der Waals surface area contributed by atoms with Gasteiger partial charge in [0, 0.05) is 6.07 Å². The molecule has 0 atom stereocenters. The lowest BCUT2D eigenvalue weighted by atomic mass is 10.3. The fraction of sp³-hybridized carbons (Fsp3) is 0.143. The molecule has 0 aliphatic carbocycles. The number of carbonyl (C=O) groups is 2. The Balaban J connectivity index is 1.74. The van der Waals surface area contributed by atoms with E-state index in [0.717, 1.165) is 12.1 Å². The number of anilines is 1. The van der Waals surface area contributed by atoms with E-state index in [1.807, 2.05) is 0 Å². The lowest BCUT2D eigenvalue weighted by Gasteiger charge is -2.08. The SMILES string of the molecule is O=C(CNC(=O)NCc1ccco1)Nc1ccc(F)cc1F. The van der Waals surface area contributed by atoms with Crippen LogP contribution in [0.15, 0.2) is 41.0 Å². The maximum Gasteiger partial charge on any atom is 0.315 e. The number of benzene rings is 1. The van der Waals surface area contributed by atoms with Gasteiger partial charge in [-0.3, -0.25) is 4.79 Å². The summed E-state index contributed by atoms with van der Waals surface area (Å²) < 4.78 is 31.1. The average Bonchev–Trinajstić information content (AvgIpc) is 2.99. The highest BCUT2D eigenvalue weighted by Gasteiger charge is 2.09. The van der Waals surface area contributed by atoms with E-state index in [1.165, 1.54) is 6.26 Å². The van der Waals surface area contributed by atoms with Gasteiger partial charge in [0.2, 0.25) is 5.91 Å². The molecular formula is C14H13F2N3O3. The zero-order chi connectivity index (χ0) is 15.9. The first-order valence-electron chi connectivity index (χ1n) is 6.33. The number of nitrogens with one attached hydrogen (secondary N) is 3. The summed E-state index contributed by atoms with van der Waals surface area (Å²) in [4.78, 5) is 23.0. The Morgan fingerprint density at radius 3 is 2.64 bits per heavy atom. The molecule has 22 heavy (non-hydrogen) atoms. The van der Waals surface area contributed by atoms with Crippen molar-refractivity contribution in [2.24, 2.45) is 0 Å². The molecule has 0 fully saturated rings. The normalized spacial score (nSPS) is 10.1. The molecule has 8 heteroatoms. The van der Waals surface area contributed by atoms with Crippen LogP contribution in [0.3, 0.4) is 0 Å². The van der Waals surface area contributed by atoms with E-state index >= 15 is 0 Å². The molecule has 3 N–H and O–H groups in total. The molecule has 3 amide bonds. The number of hydrogen-bond donors (Lipinski definition) is 3. The van der Waals surface area contributed by atoms with E-state index in [4.69, 9.17) is 4.42 Å². The smallest absolute Gasteiger partial charge is 0.315 e. The summed E-state index contributed by atoms with van der Waals surface area (Å²) >= 11 is 0. The van der Waals surface area contributed by atoms with Crippen LogP contribution in [-0.2, 0) is 11.3 Å². The Bertz CT molecular complexity index is 659. The van der Waals surface area contributed by atoms with Crippen LogP contribution >= 0.6 is 0 Å². The van der Waals surface area contributed by atoms with Crippen molar-refractivity contribution in [2.45, 2.75) is 6.54 Å². The van der Waals surface area contributed by atoms with E-state index < -0.39 is 23.6 Å². The van der Waals surface area contributed by atoms with Gasteiger partial charge < -0.3 is 20.4 Å². The van der Waals surface area contributed by atoms with Gasteiger partial charge in [0.1, 0.15) is 17.4 Å². The summed E-state index contributed by atoms with van der Waals surface area (Å²) in [7, 11) is 0. The zero-order valence-corrected chi connectivity index (χ0v) is 11.4. The van der Waals surface area contributed by atoms with Crippen LogP contribution in [0.5, 0.6) is 0 Å². The van der Waals surface area contributed by atoms with Gasteiger partial charge in [0.25, 0.3) is 0 Å². The van der Waals surface area contributed by atoms with Gasteiger partial charge in [0.05, 0.1) is 25.0 Å². The predicted molar refractivity (Wildman–Crippen MR) is 73.9 cm³/mol. The van der Waals surface area contributed by atoms with Crippen LogP contribution in [-0.4, -0.2) is 18.5 Å². The van der Waals surface area contributed by atoms with E-state index in [1.54, 1.807) is 12.1 Å². The largest absolute Gasteiger partial charge is 0.467 e. The minimum Gasteiger partial charge on any atom is -0.467 e. The quantitative estimate of drug-likeness (QED) is 0.790. The molecule has 0 aliphatic heterocycles. The molecule has 0 spiro atoms. The maximum absolute atomic E-state index is 13.3. The van der Waals surface area contributed by atoms with Gasteiger partial charge in [-0.15, -0.1) is 0 Å². The third-order valence-electron chi connectivity index (χ3n) is 2.62. The maximum atomic E-state index is 13.3. The van der Waals surface area contributed by atoms with Crippen LogP contribution in [0.2, 0.25) is 0 Å². The van der Waals surface area contributed by atoms with E-state index in [-0.39, 0.29) is 18.8 Å². The molecule has 1 aromatic heterocycles. The first-order valence-corrected chi connectivity index (χ1v) is 6.33. The Morgan fingerprint density at radius 1 is 1.14 bits per heavy atom. The topological polar surface area (TPSA) is 83.4 Å². The van der Waals surface area contributed by atoms with Crippen molar-refractivity contribution >= 4 is 17.6 Å². The van der Waals surface area contributed by atoms with E-state index in [2.05, 4.69) is 16.0 Å². The number of carbonyl (C=O) groups excluding carboxylic acids is 2. The fourth-order valence-corrected chi connectivity index (χ4v) is 1.59. The summed E-state index contributed by atoms with van der Waals surface area (Å²) in [6, 6.07) is 5.55. The zero-order valence-electron chi connectivity index (χ0n) is 11.4. The van der Waals surface area contributed by atoms with Crippen molar-refractivity contribution in [1.82, 2.24) is 10.6 Å². The fourth-order valence-electron chi connectivity index (χ4n) is 1.59. The van der Waals surface area contributed by atoms with E-state index in [9.17, 15) is 18.4 Å². The lowest BCUT2D eigenvalue weighted by molar-refractivity contribution is -0.115. The van der Waals surface area contributed by atoms with Crippen molar-refractivity contribution in [2.75, 3.05) is 11.9 Å². The second-order valence-corrected chi connectivity index (χ2v) is 4.29. The van der Waals surface area contributed by atoms with Crippen molar-refractivity contribution in [3.05, 3.63) is 54.0 Å². The molecule has 6 nitrogen and oxygen atoms in total. The summed E-state index contributed by atoms with van der Waals surface area (Å²) in [6.07, 6.45) is 1.47. The van der Waals surface area contributed by atoms with Gasteiger partial charge in [-0.05, 0) is 24.3 Å². The summed E-state index contributed by atoms with van der Waals surface area (Å²) in [6.45, 7) is -0.187. The van der Waals surface area contributed by atoms with Gasteiger partial charge in [-0.25, -0.2) is 13.6 Å². The number of rotatable bonds is 5. The van der Waals surface area contributed by atoms with Crippen LogP contribution in [0.25, 0.3) is 0 Å². The molecule has 1 heterocycles. The predicted octanol–water partition coefficient (Wildman–Crippen LogP) is 2.00. The molecule has 0 saturated carbocycles. The van der Waals surface area contributed by atoms with Crippen molar-refractivity contribution < 1.29 is 22.8 Å². The number of halogens is 2. The first kappa shape index (κ1) is 15.5. The van der Waals surface area contributed by atoms with Crippen LogP contribution < -0.4 is 16.0 Å². The second kappa shape index (κ2) is 7.21. The number of furan rings is 1. The van der Waals surface area contributed by atoms with Crippen LogP contribution in [0, 0.1) is 11.6 Å². The highest BCUT2D eigenvalue weighted by atomic mass is 19.1. The van der Waals surface area contributed by atoms with Crippen molar-refractivity contribution in [1.29, 1.82) is 0 Å². The molecule has 2 rings (SSSR count).